The van der Waals surface area contributed by atoms with Crippen molar-refractivity contribution in [3.63, 3.8) is 0 Å². The third kappa shape index (κ3) is 3.96. The summed E-state index contributed by atoms with van der Waals surface area (Å²) in [6, 6.07) is 2.01. The fraction of sp³-hybridized carbons (Fsp3) is 0.300. The van der Waals surface area contributed by atoms with Gasteiger partial charge >= 0.3 is 0 Å². The molecule has 3 aromatic rings. The standard InChI is InChI=1S/C20H24N4OS3/c1-5-8-11-28(25)20-17(21)16-13(15(6-2)24(4)7-3)12-14(23-19(16)27-20)18-22-9-10-26-18/h6-7,9-10,12H,3,5,8,11,21H2,1-2,4H3/b15-6-. The van der Waals surface area contributed by atoms with Crippen LogP contribution >= 0.6 is 22.7 Å². The summed E-state index contributed by atoms with van der Waals surface area (Å²) in [7, 11) is 1.94. The van der Waals surface area contributed by atoms with E-state index in [4.69, 9.17) is 10.7 Å². The summed E-state index contributed by atoms with van der Waals surface area (Å²) in [5.41, 5.74) is 9.79. The molecule has 3 heterocycles. The monoisotopic (exact) mass is 432 g/mol. The maximum Gasteiger partial charge on any atom is 0.232 e. The van der Waals surface area contributed by atoms with E-state index in [0.717, 1.165) is 45.0 Å². The van der Waals surface area contributed by atoms with Crippen LogP contribution in [0.1, 0.15) is 32.3 Å². The van der Waals surface area contributed by atoms with E-state index in [-0.39, 0.29) is 0 Å². The maximum absolute atomic E-state index is 12.8. The van der Waals surface area contributed by atoms with Crippen LogP contribution in [0.5, 0.6) is 0 Å². The second-order valence-electron chi connectivity index (χ2n) is 6.25. The van der Waals surface area contributed by atoms with Gasteiger partial charge in [-0.2, -0.15) is 0 Å². The second-order valence-corrected chi connectivity index (χ2v) is 9.91. The van der Waals surface area contributed by atoms with E-state index in [1.54, 1.807) is 23.7 Å². The molecular formula is C20H24N4OS3. The first kappa shape index (κ1) is 20.9. The molecular weight excluding hydrogens is 408 g/mol. The lowest BCUT2D eigenvalue weighted by atomic mass is 10.1. The Kier molecular flexibility index (Phi) is 6.77. The number of hydrogen-bond acceptors (Lipinski definition) is 7. The highest BCUT2D eigenvalue weighted by atomic mass is 32.2. The number of fused-ring (bicyclic) bond motifs is 1. The Bertz CT molecular complexity index is 995. The molecule has 2 N–H and O–H groups in total. The van der Waals surface area contributed by atoms with Crippen molar-refractivity contribution in [2.24, 2.45) is 0 Å². The van der Waals surface area contributed by atoms with Crippen molar-refractivity contribution in [2.75, 3.05) is 18.5 Å². The normalized spacial score (nSPS) is 13.1. The van der Waals surface area contributed by atoms with Crippen LogP contribution in [0.2, 0.25) is 0 Å². The lowest BCUT2D eigenvalue weighted by Gasteiger charge is -2.19. The van der Waals surface area contributed by atoms with Gasteiger partial charge in [0.15, 0.2) is 0 Å². The molecule has 3 aromatic heterocycles. The smallest absolute Gasteiger partial charge is 0.232 e. The number of rotatable bonds is 8. The van der Waals surface area contributed by atoms with Crippen LogP contribution in [0.15, 0.2) is 40.7 Å². The zero-order valence-corrected chi connectivity index (χ0v) is 18.7. The fourth-order valence-electron chi connectivity index (χ4n) is 2.95. The average Bonchev–Trinajstić information content (AvgIpc) is 3.34. The molecule has 0 fully saturated rings. The number of unbranched alkanes of at least 4 members (excludes halogenated alkanes) is 1. The number of nitrogen functional groups attached to an aromatic ring is 1. The van der Waals surface area contributed by atoms with Crippen LogP contribution in [0.4, 0.5) is 5.69 Å². The van der Waals surface area contributed by atoms with Crippen molar-refractivity contribution >= 4 is 55.5 Å². The molecule has 1 atom stereocenters. The number of pyridine rings is 1. The number of thiophene rings is 1. The van der Waals surface area contributed by atoms with Crippen molar-refractivity contribution < 1.29 is 4.55 Å². The van der Waals surface area contributed by atoms with Gasteiger partial charge in [-0.15, -0.1) is 11.3 Å². The van der Waals surface area contributed by atoms with Crippen molar-refractivity contribution in [1.29, 1.82) is 0 Å². The van der Waals surface area contributed by atoms with Gasteiger partial charge in [-0.3, -0.25) is 0 Å². The number of thiazole rings is 1. The van der Waals surface area contributed by atoms with Crippen LogP contribution < -0.4 is 5.73 Å². The highest BCUT2D eigenvalue weighted by molar-refractivity contribution is 7.93. The Morgan fingerprint density at radius 1 is 1.46 bits per heavy atom. The number of allylic oxidation sites excluding steroid dienone is 1. The number of aromatic nitrogens is 2. The molecule has 1 unspecified atom stereocenters. The molecule has 0 aliphatic heterocycles. The summed E-state index contributed by atoms with van der Waals surface area (Å²) in [6.45, 7) is 7.95. The summed E-state index contributed by atoms with van der Waals surface area (Å²) < 4.78 is 13.5. The molecule has 0 amide bonds. The van der Waals surface area contributed by atoms with Crippen LogP contribution in [-0.2, 0) is 11.2 Å². The molecule has 0 aliphatic rings. The van der Waals surface area contributed by atoms with Crippen LogP contribution in [0.3, 0.4) is 0 Å². The molecule has 0 aromatic carbocycles. The van der Waals surface area contributed by atoms with E-state index in [0.29, 0.717) is 15.6 Å². The Labute approximate surface area is 176 Å². The largest absolute Gasteiger partial charge is 0.611 e. The first-order valence-corrected chi connectivity index (χ1v) is 12.1. The molecule has 8 heteroatoms. The third-order valence-corrected chi connectivity index (χ3v) is 8.20. The predicted molar refractivity (Wildman–Crippen MR) is 123 cm³/mol. The minimum atomic E-state index is -1.12. The summed E-state index contributed by atoms with van der Waals surface area (Å²) in [5.74, 6) is 0.616. The minimum Gasteiger partial charge on any atom is -0.611 e. The number of hydrogen-bond donors (Lipinski definition) is 1. The average molecular weight is 433 g/mol. The molecule has 0 bridgehead atoms. The quantitative estimate of drug-likeness (QED) is 0.486. The van der Waals surface area contributed by atoms with Crippen molar-refractivity contribution in [3.8, 4) is 10.7 Å². The summed E-state index contributed by atoms with van der Waals surface area (Å²) in [4.78, 5) is 11.9. The zero-order valence-electron chi connectivity index (χ0n) is 16.3. The van der Waals surface area contributed by atoms with Crippen LogP contribution in [0.25, 0.3) is 26.6 Å². The Morgan fingerprint density at radius 2 is 2.25 bits per heavy atom. The van der Waals surface area contributed by atoms with Crippen molar-refractivity contribution in [1.82, 2.24) is 14.9 Å². The van der Waals surface area contributed by atoms with E-state index < -0.39 is 11.2 Å². The van der Waals surface area contributed by atoms with Gasteiger partial charge in [0.05, 0.1) is 0 Å². The number of anilines is 1. The molecule has 0 radical (unpaired) electrons. The van der Waals surface area contributed by atoms with Gasteiger partial charge in [0.2, 0.25) is 4.21 Å². The highest BCUT2D eigenvalue weighted by Gasteiger charge is 2.26. The maximum atomic E-state index is 12.8. The molecule has 0 spiro atoms. The molecule has 3 rings (SSSR count). The molecule has 0 saturated heterocycles. The fourth-order valence-corrected chi connectivity index (χ4v) is 6.34. The summed E-state index contributed by atoms with van der Waals surface area (Å²) >= 11 is 1.85. The van der Waals surface area contributed by atoms with E-state index >= 15 is 0 Å². The summed E-state index contributed by atoms with van der Waals surface area (Å²) in [6.07, 6.45) is 7.46. The van der Waals surface area contributed by atoms with Crippen molar-refractivity contribution in [2.45, 2.75) is 30.9 Å². The SMILES string of the molecule is C=CN(C)/C(=C\C)c1cc(-c2nccs2)nc2sc([S+]([O-])CCCC)c(N)c12. The van der Waals surface area contributed by atoms with Gasteiger partial charge in [-0.05, 0) is 36.8 Å². The molecule has 5 nitrogen and oxygen atoms in total. The van der Waals surface area contributed by atoms with Gasteiger partial charge in [0, 0.05) is 35.3 Å². The first-order valence-electron chi connectivity index (χ1n) is 9.05. The highest BCUT2D eigenvalue weighted by Crippen LogP contribution is 2.42. The topological polar surface area (TPSA) is 78.1 Å². The minimum absolute atomic E-state index is 0.569. The molecule has 28 heavy (non-hydrogen) atoms. The Hall–Kier alpha value is -1.87. The number of nitrogens with two attached hydrogens (primary N) is 1. The molecule has 148 valence electrons. The van der Waals surface area contributed by atoms with Crippen molar-refractivity contribution in [3.05, 3.63) is 42.1 Å². The zero-order chi connectivity index (χ0) is 20.3. The van der Waals surface area contributed by atoms with Gasteiger partial charge in [-0.25, -0.2) is 9.97 Å². The Balaban J connectivity index is 2.25. The Morgan fingerprint density at radius 3 is 2.86 bits per heavy atom. The predicted octanol–water partition coefficient (Wildman–Crippen LogP) is 5.35. The second kappa shape index (κ2) is 9.09. The lowest BCUT2D eigenvalue weighted by molar-refractivity contribution is 0.594. The van der Waals surface area contributed by atoms with E-state index in [9.17, 15) is 4.55 Å². The third-order valence-electron chi connectivity index (χ3n) is 4.41. The van der Waals surface area contributed by atoms with E-state index in [1.165, 1.54) is 11.3 Å². The van der Waals surface area contributed by atoms with Crippen LogP contribution in [0, 0.1) is 0 Å². The van der Waals surface area contributed by atoms with Gasteiger partial charge in [-0.1, -0.05) is 37.3 Å². The van der Waals surface area contributed by atoms with Gasteiger partial charge in [0.25, 0.3) is 0 Å². The molecule has 0 saturated carbocycles. The van der Waals surface area contributed by atoms with E-state index in [2.05, 4.69) is 18.5 Å². The summed E-state index contributed by atoms with van der Waals surface area (Å²) in [5, 5.41) is 3.63. The first-order chi connectivity index (χ1) is 13.5. The molecule has 0 aliphatic carbocycles. The van der Waals surface area contributed by atoms with Gasteiger partial charge in [0.1, 0.15) is 27.0 Å². The van der Waals surface area contributed by atoms with E-state index in [1.807, 2.05) is 36.4 Å². The lowest BCUT2D eigenvalue weighted by Crippen LogP contribution is -2.10. The van der Waals surface area contributed by atoms with Crippen LogP contribution in [-0.4, -0.2) is 32.2 Å². The number of nitrogens with zero attached hydrogens (tertiary/aromatic N) is 3. The van der Waals surface area contributed by atoms with Gasteiger partial charge < -0.3 is 15.2 Å².